The maximum absolute atomic E-state index is 13.6. The summed E-state index contributed by atoms with van der Waals surface area (Å²) in [5, 5.41) is 0.993. The van der Waals surface area contributed by atoms with Crippen molar-refractivity contribution in [1.29, 1.82) is 0 Å². The second-order valence-corrected chi connectivity index (χ2v) is 8.02. The molecule has 32 heavy (non-hydrogen) atoms. The van der Waals surface area contributed by atoms with Crippen molar-refractivity contribution in [1.82, 2.24) is 14.5 Å². The first-order valence-corrected chi connectivity index (χ1v) is 10.5. The third kappa shape index (κ3) is 3.78. The first-order chi connectivity index (χ1) is 15.3. The molecule has 162 valence electrons. The normalized spacial score (nSPS) is 12.0. The van der Waals surface area contributed by atoms with Crippen molar-refractivity contribution in [2.75, 3.05) is 7.05 Å². The number of carbonyl (C=O) groups excluding carboxylic acids is 1. The Labute approximate surface area is 189 Å². The van der Waals surface area contributed by atoms with Crippen molar-refractivity contribution in [2.24, 2.45) is 0 Å². The Balaban J connectivity index is 1.91. The van der Waals surface area contributed by atoms with Crippen LogP contribution < -0.4 is 5.56 Å². The largest absolute Gasteiger partial charge is 0.332 e. The van der Waals surface area contributed by atoms with Gasteiger partial charge in [-0.15, -0.1) is 0 Å². The predicted molar refractivity (Wildman–Crippen MR) is 124 cm³/mol. The van der Waals surface area contributed by atoms with E-state index in [4.69, 9.17) is 16.6 Å². The summed E-state index contributed by atoms with van der Waals surface area (Å²) in [5.74, 6) is -0.329. The zero-order valence-corrected chi connectivity index (χ0v) is 18.6. The molecule has 3 aromatic carbocycles. The molecule has 0 bridgehead atoms. The number of carbonyl (C=O) groups is 1. The SMILES string of the molecule is Cc1c(Cl)cccc1-n1c(C(C)N(C)C(=O)c2ccc(F)cc2)nc2ccccc2c1=O. The number of halogens is 2. The lowest BCUT2D eigenvalue weighted by atomic mass is 10.1. The number of nitrogens with zero attached hydrogens (tertiary/aromatic N) is 3. The molecule has 0 radical (unpaired) electrons. The van der Waals surface area contributed by atoms with Crippen molar-refractivity contribution in [3.8, 4) is 5.69 Å². The topological polar surface area (TPSA) is 55.2 Å². The smallest absolute Gasteiger partial charge is 0.266 e. The van der Waals surface area contributed by atoms with E-state index >= 15 is 0 Å². The number of rotatable bonds is 4. The van der Waals surface area contributed by atoms with E-state index in [-0.39, 0.29) is 11.5 Å². The fourth-order valence-electron chi connectivity index (χ4n) is 3.65. The van der Waals surface area contributed by atoms with Crippen LogP contribution in [0.25, 0.3) is 16.6 Å². The highest BCUT2D eigenvalue weighted by molar-refractivity contribution is 6.31. The van der Waals surface area contributed by atoms with Gasteiger partial charge in [0.05, 0.1) is 22.6 Å². The quantitative estimate of drug-likeness (QED) is 0.423. The Morgan fingerprint density at radius 2 is 1.75 bits per heavy atom. The summed E-state index contributed by atoms with van der Waals surface area (Å²) in [7, 11) is 1.63. The van der Waals surface area contributed by atoms with Crippen LogP contribution in [0.1, 0.15) is 34.7 Å². The summed E-state index contributed by atoms with van der Waals surface area (Å²) < 4.78 is 14.8. The Kier molecular flexibility index (Phi) is 5.80. The monoisotopic (exact) mass is 449 g/mol. The van der Waals surface area contributed by atoms with E-state index in [2.05, 4.69) is 0 Å². The van der Waals surface area contributed by atoms with Crippen LogP contribution in [0.15, 0.2) is 71.5 Å². The first-order valence-electron chi connectivity index (χ1n) is 10.1. The fraction of sp³-hybridized carbons (Fsp3) is 0.160. The summed E-state index contributed by atoms with van der Waals surface area (Å²) in [6.07, 6.45) is 0. The molecular weight excluding hydrogens is 429 g/mol. The molecule has 0 saturated carbocycles. The average Bonchev–Trinajstić information content (AvgIpc) is 2.80. The highest BCUT2D eigenvalue weighted by Crippen LogP contribution is 2.27. The summed E-state index contributed by atoms with van der Waals surface area (Å²) in [4.78, 5) is 32.9. The number of hydrogen-bond donors (Lipinski definition) is 0. The molecule has 1 aromatic heterocycles. The van der Waals surface area contributed by atoms with Crippen molar-refractivity contribution >= 4 is 28.4 Å². The van der Waals surface area contributed by atoms with Crippen LogP contribution >= 0.6 is 11.6 Å². The molecule has 1 unspecified atom stereocenters. The van der Waals surface area contributed by atoms with Gasteiger partial charge in [0.15, 0.2) is 0 Å². The molecular formula is C25H21ClFN3O2. The highest BCUT2D eigenvalue weighted by atomic mass is 35.5. The molecule has 0 aliphatic rings. The fourth-order valence-corrected chi connectivity index (χ4v) is 3.82. The molecule has 0 aliphatic heterocycles. The summed E-state index contributed by atoms with van der Waals surface area (Å²) in [6.45, 7) is 3.63. The van der Waals surface area contributed by atoms with Crippen molar-refractivity contribution in [3.63, 3.8) is 0 Å². The molecule has 4 rings (SSSR count). The minimum Gasteiger partial charge on any atom is -0.332 e. The minimum atomic E-state index is -0.566. The molecule has 5 nitrogen and oxygen atoms in total. The van der Waals surface area contributed by atoms with Crippen LogP contribution in [0.4, 0.5) is 4.39 Å². The Morgan fingerprint density at radius 3 is 2.47 bits per heavy atom. The second kappa shape index (κ2) is 8.55. The van der Waals surface area contributed by atoms with Crippen LogP contribution in [-0.4, -0.2) is 27.4 Å². The zero-order valence-electron chi connectivity index (χ0n) is 17.8. The van der Waals surface area contributed by atoms with E-state index in [0.717, 1.165) is 5.56 Å². The lowest BCUT2D eigenvalue weighted by Crippen LogP contribution is -2.35. The van der Waals surface area contributed by atoms with Gasteiger partial charge in [-0.1, -0.05) is 29.8 Å². The van der Waals surface area contributed by atoms with Crippen LogP contribution in [0.5, 0.6) is 0 Å². The van der Waals surface area contributed by atoms with Gasteiger partial charge >= 0.3 is 0 Å². The van der Waals surface area contributed by atoms with E-state index in [9.17, 15) is 14.0 Å². The standard InChI is InChI=1S/C25H21ClFN3O2/c1-15-20(26)8-6-10-22(15)30-23(28-21-9-5-4-7-19(21)25(30)32)16(2)29(3)24(31)17-11-13-18(27)14-12-17/h4-14,16H,1-3H3. The van der Waals surface area contributed by atoms with E-state index in [1.165, 1.54) is 33.7 Å². The number of benzene rings is 3. The van der Waals surface area contributed by atoms with Gasteiger partial charge in [-0.3, -0.25) is 14.2 Å². The number of fused-ring (bicyclic) bond motifs is 1. The number of hydrogen-bond acceptors (Lipinski definition) is 3. The maximum Gasteiger partial charge on any atom is 0.266 e. The molecule has 7 heteroatoms. The van der Waals surface area contributed by atoms with Gasteiger partial charge in [0, 0.05) is 17.6 Å². The lowest BCUT2D eigenvalue weighted by molar-refractivity contribution is 0.0735. The Bertz CT molecular complexity index is 1380. The van der Waals surface area contributed by atoms with Crippen molar-refractivity contribution in [3.05, 3.63) is 105 Å². The third-order valence-electron chi connectivity index (χ3n) is 5.65. The molecule has 4 aromatic rings. The Hall–Kier alpha value is -3.51. The summed E-state index contributed by atoms with van der Waals surface area (Å²) in [5.41, 5.74) is 1.97. The van der Waals surface area contributed by atoms with Gasteiger partial charge < -0.3 is 4.90 Å². The molecule has 1 amide bonds. The molecule has 1 heterocycles. The molecule has 0 N–H and O–H groups in total. The van der Waals surface area contributed by atoms with E-state index in [0.29, 0.717) is 33.0 Å². The van der Waals surface area contributed by atoms with Gasteiger partial charge in [-0.25, -0.2) is 9.37 Å². The van der Waals surface area contributed by atoms with E-state index in [1.807, 2.05) is 13.0 Å². The minimum absolute atomic E-state index is 0.245. The van der Waals surface area contributed by atoms with Gasteiger partial charge in [-0.05, 0) is 67.9 Å². The lowest BCUT2D eigenvalue weighted by Gasteiger charge is -2.27. The van der Waals surface area contributed by atoms with Crippen LogP contribution in [0.3, 0.4) is 0 Å². The van der Waals surface area contributed by atoms with E-state index < -0.39 is 11.9 Å². The number of para-hydroxylation sites is 1. The van der Waals surface area contributed by atoms with Gasteiger partial charge in [-0.2, -0.15) is 0 Å². The van der Waals surface area contributed by atoms with Gasteiger partial charge in [0.25, 0.3) is 11.5 Å². The zero-order chi connectivity index (χ0) is 23.0. The van der Waals surface area contributed by atoms with Crippen LogP contribution in [0.2, 0.25) is 5.02 Å². The van der Waals surface area contributed by atoms with E-state index in [1.54, 1.807) is 50.4 Å². The molecule has 0 aliphatic carbocycles. The van der Waals surface area contributed by atoms with Gasteiger partial charge in [0.1, 0.15) is 11.6 Å². The first kappa shape index (κ1) is 21.7. The van der Waals surface area contributed by atoms with Gasteiger partial charge in [0.2, 0.25) is 0 Å². The van der Waals surface area contributed by atoms with Crippen molar-refractivity contribution < 1.29 is 9.18 Å². The Morgan fingerprint density at radius 1 is 1.06 bits per heavy atom. The summed E-state index contributed by atoms with van der Waals surface area (Å²) in [6, 6.07) is 17.2. The highest BCUT2D eigenvalue weighted by Gasteiger charge is 2.25. The number of aromatic nitrogens is 2. The maximum atomic E-state index is 13.6. The summed E-state index contributed by atoms with van der Waals surface area (Å²) >= 11 is 6.34. The molecule has 0 saturated heterocycles. The molecule has 0 spiro atoms. The second-order valence-electron chi connectivity index (χ2n) is 7.61. The molecule has 1 atom stereocenters. The van der Waals surface area contributed by atoms with Crippen molar-refractivity contribution in [2.45, 2.75) is 19.9 Å². The van der Waals surface area contributed by atoms with Crippen LogP contribution in [-0.2, 0) is 0 Å². The van der Waals surface area contributed by atoms with Crippen LogP contribution in [0, 0.1) is 12.7 Å². The third-order valence-corrected chi connectivity index (χ3v) is 6.06. The average molecular weight is 450 g/mol. The molecule has 0 fully saturated rings. The predicted octanol–water partition coefficient (Wildman–Crippen LogP) is 5.32. The number of amides is 1.